The van der Waals surface area contributed by atoms with Crippen LogP contribution in [0.5, 0.6) is 0 Å². The van der Waals surface area contributed by atoms with E-state index in [4.69, 9.17) is 5.84 Å². The van der Waals surface area contributed by atoms with Gasteiger partial charge in [0.05, 0.1) is 5.52 Å². The molecule has 2 aromatic rings. The first-order chi connectivity index (χ1) is 8.35. The Kier molecular flexibility index (Phi) is 4.07. The van der Waals surface area contributed by atoms with Crippen LogP contribution in [-0.2, 0) is 0 Å². The minimum Gasteiger partial charge on any atom is -0.271 e. The lowest BCUT2D eigenvalue weighted by molar-refractivity contribution is 0.494. The zero-order valence-electron chi connectivity index (χ0n) is 10.2. The fourth-order valence-corrected chi connectivity index (χ4v) is 2.03. The molecule has 1 aromatic heterocycles. The van der Waals surface area contributed by atoms with Crippen molar-refractivity contribution in [1.29, 1.82) is 0 Å². The molecule has 0 bridgehead atoms. The van der Waals surface area contributed by atoms with Crippen LogP contribution in [0.25, 0.3) is 10.9 Å². The molecule has 1 unspecified atom stereocenters. The van der Waals surface area contributed by atoms with Crippen LogP contribution in [0, 0.1) is 0 Å². The van der Waals surface area contributed by atoms with Gasteiger partial charge in [-0.1, -0.05) is 38.0 Å². The second-order valence-electron chi connectivity index (χ2n) is 4.32. The van der Waals surface area contributed by atoms with Gasteiger partial charge in [0.25, 0.3) is 0 Å². The summed E-state index contributed by atoms with van der Waals surface area (Å²) in [6, 6.07) is 10.5. The Morgan fingerprint density at radius 2 is 2.18 bits per heavy atom. The van der Waals surface area contributed by atoms with Gasteiger partial charge in [-0.05, 0) is 24.1 Å². The number of benzene rings is 1. The first-order valence-electron chi connectivity index (χ1n) is 6.16. The van der Waals surface area contributed by atoms with Crippen LogP contribution in [0.3, 0.4) is 0 Å². The normalized spacial score (nSPS) is 12.8. The maximum Gasteiger partial charge on any atom is 0.0702 e. The van der Waals surface area contributed by atoms with Crippen LogP contribution in [0.1, 0.15) is 37.8 Å². The minimum absolute atomic E-state index is 0.201. The van der Waals surface area contributed by atoms with Crippen molar-refractivity contribution in [2.45, 2.75) is 32.2 Å². The third-order valence-corrected chi connectivity index (χ3v) is 3.06. The smallest absolute Gasteiger partial charge is 0.0702 e. The summed E-state index contributed by atoms with van der Waals surface area (Å²) in [6.45, 7) is 2.19. The number of hydrogen-bond donors (Lipinski definition) is 2. The summed E-state index contributed by atoms with van der Waals surface area (Å²) >= 11 is 0. The number of fused-ring (bicyclic) bond motifs is 1. The average Bonchev–Trinajstić information content (AvgIpc) is 2.39. The Bertz CT molecular complexity index is 482. The number of nitrogens with one attached hydrogen (secondary N) is 1. The second kappa shape index (κ2) is 5.75. The molecule has 17 heavy (non-hydrogen) atoms. The van der Waals surface area contributed by atoms with Crippen LogP contribution in [0.4, 0.5) is 0 Å². The van der Waals surface area contributed by atoms with Crippen LogP contribution in [-0.4, -0.2) is 4.98 Å². The van der Waals surface area contributed by atoms with Gasteiger partial charge < -0.3 is 0 Å². The molecule has 0 aliphatic heterocycles. The molecule has 3 nitrogen and oxygen atoms in total. The lowest BCUT2D eigenvalue weighted by Crippen LogP contribution is -2.28. The van der Waals surface area contributed by atoms with Crippen molar-refractivity contribution < 1.29 is 0 Å². The predicted octanol–water partition coefficient (Wildman–Crippen LogP) is 2.93. The average molecular weight is 229 g/mol. The van der Waals surface area contributed by atoms with E-state index in [9.17, 15) is 0 Å². The van der Waals surface area contributed by atoms with E-state index in [1.807, 2.05) is 24.4 Å². The fourth-order valence-electron chi connectivity index (χ4n) is 2.03. The first kappa shape index (κ1) is 12.0. The predicted molar refractivity (Wildman–Crippen MR) is 71.3 cm³/mol. The quantitative estimate of drug-likeness (QED) is 0.612. The molecule has 90 valence electrons. The van der Waals surface area contributed by atoms with Gasteiger partial charge in [0.2, 0.25) is 0 Å². The molecule has 0 aliphatic rings. The standard InChI is InChI=1S/C14H19N3/c1-2-3-7-14(17-15)12-9-11-6-4-5-8-13(11)16-10-12/h4-6,8-10,14,17H,2-3,7,15H2,1H3. The number of rotatable bonds is 5. The summed E-state index contributed by atoms with van der Waals surface area (Å²) in [5.74, 6) is 5.61. The summed E-state index contributed by atoms with van der Waals surface area (Å²) in [5, 5.41) is 1.17. The van der Waals surface area contributed by atoms with Gasteiger partial charge >= 0.3 is 0 Å². The van der Waals surface area contributed by atoms with Crippen LogP contribution < -0.4 is 11.3 Å². The minimum atomic E-state index is 0.201. The molecule has 0 radical (unpaired) electrons. The Hall–Kier alpha value is -1.45. The second-order valence-corrected chi connectivity index (χ2v) is 4.32. The monoisotopic (exact) mass is 229 g/mol. The molecular formula is C14H19N3. The van der Waals surface area contributed by atoms with Crippen LogP contribution in [0.2, 0.25) is 0 Å². The maximum atomic E-state index is 5.61. The zero-order chi connectivity index (χ0) is 12.1. The van der Waals surface area contributed by atoms with Gasteiger partial charge in [0.1, 0.15) is 0 Å². The van der Waals surface area contributed by atoms with Gasteiger partial charge in [-0.2, -0.15) is 0 Å². The summed E-state index contributed by atoms with van der Waals surface area (Å²) in [5.41, 5.74) is 5.07. The molecule has 1 aromatic carbocycles. The molecular weight excluding hydrogens is 210 g/mol. The topological polar surface area (TPSA) is 50.9 Å². The number of aromatic nitrogens is 1. The summed E-state index contributed by atoms with van der Waals surface area (Å²) in [4.78, 5) is 4.46. The maximum absolute atomic E-state index is 5.61. The molecule has 0 aliphatic carbocycles. The van der Waals surface area contributed by atoms with Gasteiger partial charge in [-0.15, -0.1) is 0 Å². The van der Waals surface area contributed by atoms with Gasteiger partial charge in [0.15, 0.2) is 0 Å². The van der Waals surface area contributed by atoms with Crippen molar-refractivity contribution in [3.8, 4) is 0 Å². The van der Waals surface area contributed by atoms with Crippen molar-refractivity contribution in [2.24, 2.45) is 5.84 Å². The van der Waals surface area contributed by atoms with Crippen molar-refractivity contribution >= 4 is 10.9 Å². The van der Waals surface area contributed by atoms with Crippen LogP contribution >= 0.6 is 0 Å². The molecule has 0 saturated carbocycles. The number of hydrogen-bond acceptors (Lipinski definition) is 3. The number of pyridine rings is 1. The first-order valence-corrected chi connectivity index (χ1v) is 6.16. The summed E-state index contributed by atoms with van der Waals surface area (Å²) in [7, 11) is 0. The molecule has 0 saturated heterocycles. The lowest BCUT2D eigenvalue weighted by atomic mass is 10.0. The Balaban J connectivity index is 2.27. The summed E-state index contributed by atoms with van der Waals surface area (Å²) < 4.78 is 0. The highest BCUT2D eigenvalue weighted by Crippen LogP contribution is 2.21. The molecule has 0 fully saturated rings. The molecule has 1 atom stereocenters. The highest BCUT2D eigenvalue weighted by Gasteiger charge is 2.09. The van der Waals surface area contributed by atoms with Crippen LogP contribution in [0.15, 0.2) is 36.5 Å². The van der Waals surface area contributed by atoms with E-state index >= 15 is 0 Å². The van der Waals surface area contributed by atoms with Gasteiger partial charge in [-0.3, -0.25) is 16.3 Å². The number of nitrogens with two attached hydrogens (primary N) is 1. The van der Waals surface area contributed by atoms with E-state index in [-0.39, 0.29) is 6.04 Å². The molecule has 1 heterocycles. The van der Waals surface area contributed by atoms with E-state index in [2.05, 4.69) is 29.5 Å². The van der Waals surface area contributed by atoms with Gasteiger partial charge in [-0.25, -0.2) is 0 Å². The number of nitrogens with zero attached hydrogens (tertiary/aromatic N) is 1. The van der Waals surface area contributed by atoms with E-state index in [0.717, 1.165) is 11.9 Å². The van der Waals surface area contributed by atoms with Crippen molar-refractivity contribution in [2.75, 3.05) is 0 Å². The zero-order valence-corrected chi connectivity index (χ0v) is 10.2. The molecule has 2 rings (SSSR count). The van der Waals surface area contributed by atoms with Crippen molar-refractivity contribution in [3.63, 3.8) is 0 Å². The third-order valence-electron chi connectivity index (χ3n) is 3.06. The lowest BCUT2D eigenvalue weighted by Gasteiger charge is -2.15. The van der Waals surface area contributed by atoms with E-state index in [1.165, 1.54) is 23.8 Å². The summed E-state index contributed by atoms with van der Waals surface area (Å²) in [6.07, 6.45) is 5.32. The molecule has 3 heteroatoms. The largest absolute Gasteiger partial charge is 0.271 e. The third kappa shape index (κ3) is 2.81. The molecule has 3 N–H and O–H groups in total. The van der Waals surface area contributed by atoms with E-state index in [0.29, 0.717) is 0 Å². The fraction of sp³-hybridized carbons (Fsp3) is 0.357. The highest BCUT2D eigenvalue weighted by molar-refractivity contribution is 5.78. The Morgan fingerprint density at radius 1 is 1.35 bits per heavy atom. The number of hydrazine groups is 1. The number of para-hydroxylation sites is 1. The van der Waals surface area contributed by atoms with Gasteiger partial charge in [0, 0.05) is 17.6 Å². The Labute approximate surface area is 102 Å². The molecule has 0 spiro atoms. The van der Waals surface area contributed by atoms with E-state index in [1.54, 1.807) is 0 Å². The SMILES string of the molecule is CCCCC(NN)c1cnc2ccccc2c1. The molecule has 0 amide bonds. The van der Waals surface area contributed by atoms with Crippen molar-refractivity contribution in [3.05, 3.63) is 42.1 Å². The van der Waals surface area contributed by atoms with E-state index < -0.39 is 0 Å². The number of unbranched alkanes of at least 4 members (excludes halogenated alkanes) is 1. The van der Waals surface area contributed by atoms with Crippen molar-refractivity contribution in [1.82, 2.24) is 10.4 Å². The highest BCUT2D eigenvalue weighted by atomic mass is 15.2. The Morgan fingerprint density at radius 3 is 2.94 bits per heavy atom.